The van der Waals surface area contributed by atoms with Crippen molar-refractivity contribution in [2.75, 3.05) is 5.32 Å². The van der Waals surface area contributed by atoms with Gasteiger partial charge < -0.3 is 5.32 Å². The number of rotatable bonds is 4. The van der Waals surface area contributed by atoms with E-state index >= 15 is 0 Å². The molecule has 1 aromatic carbocycles. The number of nitrogens with zero attached hydrogens (tertiary/aromatic N) is 1. The van der Waals surface area contributed by atoms with E-state index in [2.05, 4.69) is 26.2 Å². The van der Waals surface area contributed by atoms with E-state index in [1.54, 1.807) is 18.2 Å². The third kappa shape index (κ3) is 4.18. The molecule has 0 aliphatic rings. The van der Waals surface area contributed by atoms with Crippen molar-refractivity contribution >= 4 is 62.1 Å². The Morgan fingerprint density at radius 2 is 2.26 bits per heavy atom. The smallest absolute Gasteiger partial charge is 0.231 e. The second kappa shape index (κ2) is 6.70. The summed E-state index contributed by atoms with van der Waals surface area (Å²) in [7, 11) is 0. The number of alkyl halides is 1. The molecule has 0 fully saturated rings. The summed E-state index contributed by atoms with van der Waals surface area (Å²) in [6.07, 6.45) is 0.223. The summed E-state index contributed by atoms with van der Waals surface area (Å²) in [5.74, 6) is 0.219. The second-order valence-electron chi connectivity index (χ2n) is 3.72. The molecule has 0 spiro atoms. The van der Waals surface area contributed by atoms with Crippen LogP contribution in [0.2, 0.25) is 5.02 Å². The number of nitrogens with one attached hydrogen (secondary N) is 1. The number of thiazole rings is 1. The molecule has 0 aliphatic heterocycles. The van der Waals surface area contributed by atoms with Crippen LogP contribution in [0.25, 0.3) is 0 Å². The van der Waals surface area contributed by atoms with Crippen LogP contribution in [0.15, 0.2) is 28.1 Å². The van der Waals surface area contributed by atoms with E-state index in [1.165, 1.54) is 11.3 Å². The Balaban J connectivity index is 2.03. The van der Waals surface area contributed by atoms with Crippen LogP contribution in [-0.4, -0.2) is 10.9 Å². The van der Waals surface area contributed by atoms with Gasteiger partial charge in [0.1, 0.15) is 5.01 Å². The van der Waals surface area contributed by atoms with Crippen LogP contribution in [0.5, 0.6) is 0 Å². The topological polar surface area (TPSA) is 42.0 Å². The number of hydrogen-bond donors (Lipinski definition) is 1. The lowest BCUT2D eigenvalue weighted by molar-refractivity contribution is -0.115. The van der Waals surface area contributed by atoms with Crippen LogP contribution in [0.4, 0.5) is 5.69 Å². The monoisotopic (exact) mass is 378 g/mol. The highest BCUT2D eigenvalue weighted by molar-refractivity contribution is 9.10. The van der Waals surface area contributed by atoms with E-state index in [9.17, 15) is 4.79 Å². The number of amides is 1. The van der Waals surface area contributed by atoms with Crippen molar-refractivity contribution in [3.8, 4) is 0 Å². The van der Waals surface area contributed by atoms with E-state index in [0.29, 0.717) is 16.6 Å². The molecular formula is C12H9BrCl2N2OS. The minimum absolute atomic E-state index is 0.140. The van der Waals surface area contributed by atoms with Gasteiger partial charge in [0.25, 0.3) is 0 Å². The van der Waals surface area contributed by atoms with Gasteiger partial charge in [0, 0.05) is 14.9 Å². The van der Waals surface area contributed by atoms with Crippen LogP contribution < -0.4 is 5.32 Å². The number of benzene rings is 1. The summed E-state index contributed by atoms with van der Waals surface area (Å²) >= 11 is 16.3. The number of anilines is 1. The molecular weight excluding hydrogens is 371 g/mol. The molecule has 0 saturated heterocycles. The Bertz CT molecular complexity index is 603. The molecule has 0 bridgehead atoms. The molecule has 7 heteroatoms. The molecule has 0 radical (unpaired) electrons. The van der Waals surface area contributed by atoms with Crippen molar-refractivity contribution in [2.24, 2.45) is 0 Å². The van der Waals surface area contributed by atoms with E-state index < -0.39 is 0 Å². The Labute approximate surface area is 133 Å². The molecule has 2 aromatic rings. The zero-order chi connectivity index (χ0) is 13.8. The third-order valence-electron chi connectivity index (χ3n) is 2.25. The highest BCUT2D eigenvalue weighted by atomic mass is 79.9. The second-order valence-corrected chi connectivity index (χ2v) is 6.22. The third-order valence-corrected chi connectivity index (χ3v) is 4.35. The Kier molecular flexibility index (Phi) is 5.21. The van der Waals surface area contributed by atoms with Crippen LogP contribution in [0.3, 0.4) is 0 Å². The zero-order valence-corrected chi connectivity index (χ0v) is 13.5. The van der Waals surface area contributed by atoms with Gasteiger partial charge in [-0.3, -0.25) is 4.79 Å². The Morgan fingerprint density at radius 3 is 2.95 bits per heavy atom. The first-order valence-corrected chi connectivity index (χ1v) is 7.91. The van der Waals surface area contributed by atoms with Crippen molar-refractivity contribution in [1.29, 1.82) is 0 Å². The minimum Gasteiger partial charge on any atom is -0.325 e. The largest absolute Gasteiger partial charge is 0.325 e. The first-order chi connectivity index (χ1) is 9.08. The van der Waals surface area contributed by atoms with Crippen LogP contribution in [-0.2, 0) is 17.1 Å². The van der Waals surface area contributed by atoms with E-state index in [0.717, 1.165) is 15.2 Å². The van der Waals surface area contributed by atoms with Gasteiger partial charge in [0.15, 0.2) is 0 Å². The molecule has 1 amide bonds. The lowest BCUT2D eigenvalue weighted by atomic mass is 10.3. The van der Waals surface area contributed by atoms with Gasteiger partial charge in [-0.25, -0.2) is 4.98 Å². The van der Waals surface area contributed by atoms with Gasteiger partial charge in [-0.1, -0.05) is 11.6 Å². The molecule has 1 aromatic heterocycles. The van der Waals surface area contributed by atoms with Gasteiger partial charge in [-0.2, -0.15) is 0 Å². The van der Waals surface area contributed by atoms with Gasteiger partial charge in [0.2, 0.25) is 5.91 Å². The molecule has 3 nitrogen and oxygen atoms in total. The lowest BCUT2D eigenvalue weighted by Gasteiger charge is -2.06. The predicted molar refractivity (Wildman–Crippen MR) is 83.2 cm³/mol. The predicted octanol–water partition coefficient (Wildman–Crippen LogP) is 4.48. The molecule has 100 valence electrons. The Hall–Kier alpha value is -0.620. The van der Waals surface area contributed by atoms with E-state index in [1.807, 2.05) is 5.38 Å². The van der Waals surface area contributed by atoms with E-state index in [-0.39, 0.29) is 12.3 Å². The summed E-state index contributed by atoms with van der Waals surface area (Å²) in [6, 6.07) is 5.22. The van der Waals surface area contributed by atoms with Gasteiger partial charge in [0.05, 0.1) is 23.7 Å². The first kappa shape index (κ1) is 14.8. The maximum absolute atomic E-state index is 11.9. The minimum atomic E-state index is -0.140. The molecule has 0 aliphatic carbocycles. The molecule has 19 heavy (non-hydrogen) atoms. The van der Waals surface area contributed by atoms with Crippen LogP contribution >= 0.6 is 50.5 Å². The number of halogens is 3. The highest BCUT2D eigenvalue weighted by Gasteiger charge is 2.10. The Morgan fingerprint density at radius 1 is 1.47 bits per heavy atom. The van der Waals surface area contributed by atoms with Crippen molar-refractivity contribution in [3.63, 3.8) is 0 Å². The number of hydrogen-bond acceptors (Lipinski definition) is 3. The van der Waals surface area contributed by atoms with Gasteiger partial charge in [-0.05, 0) is 34.1 Å². The normalized spacial score (nSPS) is 10.5. The summed E-state index contributed by atoms with van der Waals surface area (Å²) < 4.78 is 0.783. The average Bonchev–Trinajstić information content (AvgIpc) is 2.81. The molecule has 1 heterocycles. The fourth-order valence-electron chi connectivity index (χ4n) is 1.42. The van der Waals surface area contributed by atoms with Crippen molar-refractivity contribution in [2.45, 2.75) is 12.3 Å². The van der Waals surface area contributed by atoms with Crippen molar-refractivity contribution in [3.05, 3.63) is 43.8 Å². The molecule has 0 atom stereocenters. The van der Waals surface area contributed by atoms with Gasteiger partial charge in [-0.15, -0.1) is 22.9 Å². The van der Waals surface area contributed by atoms with E-state index in [4.69, 9.17) is 23.2 Å². The SMILES string of the molecule is O=C(Cc1nc(CCl)cs1)Nc1cc(Cl)ccc1Br. The quantitative estimate of drug-likeness (QED) is 0.795. The van der Waals surface area contributed by atoms with Crippen molar-refractivity contribution in [1.82, 2.24) is 4.98 Å². The highest BCUT2D eigenvalue weighted by Crippen LogP contribution is 2.26. The zero-order valence-electron chi connectivity index (χ0n) is 9.62. The average molecular weight is 380 g/mol. The number of carbonyl (C=O) groups is 1. The first-order valence-electron chi connectivity index (χ1n) is 5.32. The summed E-state index contributed by atoms with van der Waals surface area (Å²) in [5.41, 5.74) is 1.44. The lowest BCUT2D eigenvalue weighted by Crippen LogP contribution is -2.14. The fourth-order valence-corrected chi connectivity index (χ4v) is 2.96. The maximum atomic E-state index is 11.9. The standard InChI is InChI=1S/C12H9BrCl2N2OS/c13-9-2-1-7(15)3-10(9)17-11(18)4-12-16-8(5-14)6-19-12/h1-3,6H,4-5H2,(H,17,18). The summed E-state index contributed by atoms with van der Waals surface area (Å²) in [6.45, 7) is 0. The molecule has 0 saturated carbocycles. The maximum Gasteiger partial charge on any atom is 0.231 e. The fraction of sp³-hybridized carbons (Fsp3) is 0.167. The summed E-state index contributed by atoms with van der Waals surface area (Å²) in [5, 5.41) is 5.95. The summed E-state index contributed by atoms with van der Waals surface area (Å²) in [4.78, 5) is 16.1. The molecule has 1 N–H and O–H groups in total. The van der Waals surface area contributed by atoms with Crippen molar-refractivity contribution < 1.29 is 4.79 Å². The van der Waals surface area contributed by atoms with Crippen LogP contribution in [0.1, 0.15) is 10.7 Å². The van der Waals surface area contributed by atoms with Gasteiger partial charge >= 0.3 is 0 Å². The molecule has 0 unspecified atom stereocenters. The number of carbonyl (C=O) groups excluding carboxylic acids is 1. The molecule has 2 rings (SSSR count). The van der Waals surface area contributed by atoms with Crippen LogP contribution in [0, 0.1) is 0 Å². The number of aromatic nitrogens is 1.